The van der Waals surface area contributed by atoms with Crippen LogP contribution in [-0.2, 0) is 37.0 Å². The third kappa shape index (κ3) is 7.92. The molecule has 0 atom stereocenters. The number of pyridine rings is 2. The van der Waals surface area contributed by atoms with Gasteiger partial charge in [-0.15, -0.1) is 0 Å². The third-order valence-electron chi connectivity index (χ3n) is 8.09. The van der Waals surface area contributed by atoms with Crippen molar-refractivity contribution in [3.05, 3.63) is 119 Å². The topological polar surface area (TPSA) is 90.4 Å². The molecule has 0 bridgehead atoms. The first kappa shape index (κ1) is 33.5. The van der Waals surface area contributed by atoms with Gasteiger partial charge in [-0.25, -0.2) is 0 Å². The Morgan fingerprint density at radius 2 is 1.28 bits per heavy atom. The number of unbranched alkanes of at least 4 members (excludes halogenated alkanes) is 2. The molecule has 0 unspecified atom stereocenters. The first-order chi connectivity index (χ1) is 22.0. The molecule has 2 heterocycles. The maximum atomic E-state index is 14.0. The number of hydrogen-bond acceptors (Lipinski definition) is 6. The Morgan fingerprint density at radius 1 is 0.761 bits per heavy atom. The molecule has 2 aromatic carbocycles. The van der Waals surface area contributed by atoms with Gasteiger partial charge in [-0.1, -0.05) is 73.5 Å². The Labute approximate surface area is 267 Å². The first-order valence-electron chi connectivity index (χ1n) is 15.3. The van der Waals surface area contributed by atoms with Crippen molar-refractivity contribution in [1.82, 2.24) is 15.3 Å². The number of rotatable bonds is 14. The van der Waals surface area contributed by atoms with E-state index in [0.29, 0.717) is 41.8 Å². The number of carbonyl (C=O) groups excluding carboxylic acids is 1. The predicted octanol–water partition coefficient (Wildman–Crippen LogP) is 8.23. The van der Waals surface area contributed by atoms with Crippen LogP contribution in [0, 0.1) is 13.8 Å². The lowest BCUT2D eigenvalue weighted by Gasteiger charge is -2.31. The average Bonchev–Trinajstić information content (AvgIpc) is 3.32. The van der Waals surface area contributed by atoms with Gasteiger partial charge < -0.3 is 14.4 Å². The van der Waals surface area contributed by atoms with Gasteiger partial charge in [-0.3, -0.25) is 19.3 Å². The number of nitrogens with one attached hydrogen (secondary N) is 1. The summed E-state index contributed by atoms with van der Waals surface area (Å²) < 4.78 is 65.3. The van der Waals surface area contributed by atoms with Gasteiger partial charge in [-0.2, -0.15) is 13.2 Å². The van der Waals surface area contributed by atoms with E-state index in [2.05, 4.69) is 15.3 Å². The smallest absolute Gasteiger partial charge is 0.346 e. The lowest BCUT2D eigenvalue weighted by atomic mass is 9.73. The van der Waals surface area contributed by atoms with Gasteiger partial charge in [0.2, 0.25) is 5.91 Å². The number of aromatic nitrogens is 2. The standard InChI is InChI=1S/C35H37F3N3O4P/c1-25-12-10-14-27(40-25)22-44-46(43,45-23-28-15-11-13-26(2)41-28)21-9-3-8-20-34(33(42)39-24-35(36,37)38)31-18-6-4-16-29(31)30-17-5-7-19-32(30)34/h4-7,10-19H,3,8-9,20-24H2,1-2H3,(H,39,42). The molecule has 242 valence electrons. The molecule has 5 rings (SSSR count). The van der Waals surface area contributed by atoms with E-state index in [1.807, 2.05) is 74.5 Å². The highest BCUT2D eigenvalue weighted by Gasteiger charge is 2.49. The summed E-state index contributed by atoms with van der Waals surface area (Å²) in [7, 11) is -3.60. The summed E-state index contributed by atoms with van der Waals surface area (Å²) in [5, 5.41) is 2.16. The molecule has 11 heteroatoms. The number of benzene rings is 2. The van der Waals surface area contributed by atoms with Crippen LogP contribution in [0.15, 0.2) is 84.9 Å². The molecule has 46 heavy (non-hydrogen) atoms. The molecule has 2 aromatic heterocycles. The van der Waals surface area contributed by atoms with Crippen molar-refractivity contribution in [2.45, 2.75) is 64.3 Å². The van der Waals surface area contributed by atoms with Crippen molar-refractivity contribution in [2.75, 3.05) is 12.7 Å². The molecule has 1 aliphatic carbocycles. The summed E-state index contributed by atoms with van der Waals surface area (Å²) in [6.45, 7) is 2.33. The number of fused-ring (bicyclic) bond motifs is 3. The highest BCUT2D eigenvalue weighted by Crippen LogP contribution is 2.53. The van der Waals surface area contributed by atoms with Gasteiger partial charge >= 0.3 is 13.8 Å². The van der Waals surface area contributed by atoms with E-state index >= 15 is 0 Å². The van der Waals surface area contributed by atoms with E-state index in [1.54, 1.807) is 24.3 Å². The molecule has 7 nitrogen and oxygen atoms in total. The predicted molar refractivity (Wildman–Crippen MR) is 170 cm³/mol. The van der Waals surface area contributed by atoms with Gasteiger partial charge in [0.25, 0.3) is 0 Å². The Hall–Kier alpha value is -3.85. The molecule has 1 N–H and O–H groups in total. The van der Waals surface area contributed by atoms with Crippen molar-refractivity contribution < 1.29 is 31.6 Å². The third-order valence-corrected chi connectivity index (χ3v) is 10.0. The summed E-state index contributed by atoms with van der Waals surface area (Å²) in [6, 6.07) is 25.7. The molecule has 0 radical (unpaired) electrons. The molecular formula is C35H37F3N3O4P. The largest absolute Gasteiger partial charge is 0.405 e. The minimum Gasteiger partial charge on any atom is -0.346 e. The van der Waals surface area contributed by atoms with Gasteiger partial charge in [0.05, 0.1) is 30.8 Å². The van der Waals surface area contributed by atoms with Crippen LogP contribution >= 0.6 is 7.60 Å². The molecule has 1 aliphatic rings. The van der Waals surface area contributed by atoms with Crippen LogP contribution < -0.4 is 5.32 Å². The molecule has 0 spiro atoms. The zero-order valence-electron chi connectivity index (χ0n) is 25.8. The maximum Gasteiger partial charge on any atom is 0.405 e. The van der Waals surface area contributed by atoms with Crippen molar-refractivity contribution in [3.8, 4) is 11.1 Å². The Morgan fingerprint density at radius 3 is 1.78 bits per heavy atom. The number of alkyl halides is 3. The van der Waals surface area contributed by atoms with Crippen LogP contribution in [0.5, 0.6) is 0 Å². The first-order valence-corrected chi connectivity index (χ1v) is 17.0. The second-order valence-electron chi connectivity index (χ2n) is 11.5. The molecule has 0 saturated carbocycles. The van der Waals surface area contributed by atoms with E-state index in [4.69, 9.17) is 9.05 Å². The van der Waals surface area contributed by atoms with E-state index in [1.165, 1.54) is 0 Å². The highest BCUT2D eigenvalue weighted by atomic mass is 31.2. The maximum absolute atomic E-state index is 14.0. The number of nitrogens with zero attached hydrogens (tertiary/aromatic N) is 2. The number of carbonyl (C=O) groups is 1. The van der Waals surface area contributed by atoms with Crippen LogP contribution in [-0.4, -0.2) is 34.8 Å². The summed E-state index contributed by atoms with van der Waals surface area (Å²) in [5.41, 5.74) is 4.62. The number of amides is 1. The number of hydrogen-bond donors (Lipinski definition) is 1. The second kappa shape index (κ2) is 14.3. The minimum atomic E-state index is -4.54. The highest BCUT2D eigenvalue weighted by molar-refractivity contribution is 7.53. The SMILES string of the molecule is Cc1cccc(COP(=O)(CCCCCC2(C(=O)NCC(F)(F)F)c3ccccc3-c3ccccc32)OCc2cccc(C)n2)n1. The van der Waals surface area contributed by atoms with E-state index < -0.39 is 31.6 Å². The van der Waals surface area contributed by atoms with Crippen LogP contribution in [0.25, 0.3) is 11.1 Å². The zero-order chi connectivity index (χ0) is 32.8. The van der Waals surface area contributed by atoms with E-state index in [-0.39, 0.29) is 25.8 Å². The van der Waals surface area contributed by atoms with Crippen LogP contribution in [0.1, 0.15) is 59.6 Å². The quantitative estimate of drug-likeness (QED) is 0.109. The zero-order valence-corrected chi connectivity index (χ0v) is 26.7. The number of aryl methyl sites for hydroxylation is 2. The van der Waals surface area contributed by atoms with Crippen LogP contribution in [0.4, 0.5) is 13.2 Å². The fraction of sp³-hybridized carbons (Fsp3) is 0.343. The van der Waals surface area contributed by atoms with Gasteiger partial charge in [0.1, 0.15) is 12.0 Å². The fourth-order valence-electron chi connectivity index (χ4n) is 6.01. The Balaban J connectivity index is 1.30. The normalized spacial score (nSPS) is 13.7. The summed E-state index contributed by atoms with van der Waals surface area (Å²) in [4.78, 5) is 22.6. The monoisotopic (exact) mass is 651 g/mol. The lowest BCUT2D eigenvalue weighted by molar-refractivity contribution is -0.141. The molecular weight excluding hydrogens is 614 g/mol. The minimum absolute atomic E-state index is 0.0102. The van der Waals surface area contributed by atoms with Gasteiger partial charge in [0, 0.05) is 11.4 Å². The van der Waals surface area contributed by atoms with Gasteiger partial charge in [-0.05, 0) is 73.2 Å². The van der Waals surface area contributed by atoms with Crippen molar-refractivity contribution in [1.29, 1.82) is 0 Å². The fourth-order valence-corrected chi connectivity index (χ4v) is 7.61. The molecule has 4 aromatic rings. The van der Waals surface area contributed by atoms with E-state index in [9.17, 15) is 22.5 Å². The number of halogens is 3. The van der Waals surface area contributed by atoms with Crippen molar-refractivity contribution in [2.24, 2.45) is 0 Å². The molecule has 0 aliphatic heterocycles. The molecule has 0 fully saturated rings. The molecule has 0 saturated heterocycles. The second-order valence-corrected chi connectivity index (χ2v) is 13.7. The average molecular weight is 652 g/mol. The van der Waals surface area contributed by atoms with Crippen molar-refractivity contribution in [3.63, 3.8) is 0 Å². The lowest BCUT2D eigenvalue weighted by Crippen LogP contribution is -2.47. The Bertz CT molecular complexity index is 1630. The van der Waals surface area contributed by atoms with E-state index in [0.717, 1.165) is 22.5 Å². The van der Waals surface area contributed by atoms with Crippen molar-refractivity contribution >= 4 is 13.5 Å². The van der Waals surface area contributed by atoms with Gasteiger partial charge in [0.15, 0.2) is 0 Å². The summed E-state index contributed by atoms with van der Waals surface area (Å²) in [5.74, 6) is -0.684. The summed E-state index contributed by atoms with van der Waals surface area (Å²) in [6.07, 6.45) is -2.68. The summed E-state index contributed by atoms with van der Waals surface area (Å²) >= 11 is 0. The Kier molecular flexibility index (Phi) is 10.4. The van der Waals surface area contributed by atoms with Crippen LogP contribution in [0.2, 0.25) is 0 Å². The van der Waals surface area contributed by atoms with Crippen LogP contribution in [0.3, 0.4) is 0 Å². The molecule has 1 amide bonds.